The molecule has 2 aromatic heterocycles. The van der Waals surface area contributed by atoms with Gasteiger partial charge in [-0.15, -0.1) is 0 Å². The lowest BCUT2D eigenvalue weighted by molar-refractivity contribution is 0.0490. The average Bonchev–Trinajstić information content (AvgIpc) is 2.68. The minimum atomic E-state index is -0.590. The number of esters is 2. The molecule has 146 valence electrons. The van der Waals surface area contributed by atoms with Gasteiger partial charge in [-0.1, -0.05) is 37.2 Å². The van der Waals surface area contributed by atoms with Crippen LogP contribution in [-0.4, -0.2) is 30.6 Å². The number of hydrogen-bond donors (Lipinski definition) is 0. The summed E-state index contributed by atoms with van der Waals surface area (Å²) in [5.74, 6) is -1.16. The third-order valence-corrected chi connectivity index (χ3v) is 4.86. The third-order valence-electron chi connectivity index (χ3n) is 4.21. The Morgan fingerprint density at radius 2 is 1.93 bits per heavy atom. The highest BCUT2D eigenvalue weighted by atomic mass is 35.5. The maximum absolute atomic E-state index is 12.1. The average molecular weight is 420 g/mol. The van der Waals surface area contributed by atoms with Gasteiger partial charge in [0.2, 0.25) is 5.76 Å². The first-order valence-electron chi connectivity index (χ1n) is 8.76. The SMILES string of the molecule is CCCc1c2nc(C(=O)OC)cc(Cl)c2cc2c(=S)cc(C(=O)OCC)oc12. The minimum Gasteiger partial charge on any atom is -0.464 e. The summed E-state index contributed by atoms with van der Waals surface area (Å²) in [7, 11) is 1.28. The number of halogens is 1. The fourth-order valence-electron chi connectivity index (χ4n) is 3.00. The second-order valence-corrected chi connectivity index (χ2v) is 6.90. The Kier molecular flexibility index (Phi) is 5.96. The van der Waals surface area contributed by atoms with E-state index in [1.807, 2.05) is 6.92 Å². The number of benzene rings is 1. The van der Waals surface area contributed by atoms with Gasteiger partial charge in [-0.3, -0.25) is 0 Å². The van der Waals surface area contributed by atoms with Crippen molar-refractivity contribution in [2.75, 3.05) is 13.7 Å². The number of methoxy groups -OCH3 is 1. The van der Waals surface area contributed by atoms with Crippen molar-refractivity contribution in [2.24, 2.45) is 0 Å². The number of ether oxygens (including phenoxy) is 2. The molecule has 0 atom stereocenters. The van der Waals surface area contributed by atoms with Crippen molar-refractivity contribution in [3.05, 3.63) is 44.7 Å². The van der Waals surface area contributed by atoms with Crippen LogP contribution >= 0.6 is 23.8 Å². The summed E-state index contributed by atoms with van der Waals surface area (Å²) in [5.41, 5.74) is 1.77. The summed E-state index contributed by atoms with van der Waals surface area (Å²) in [5, 5.41) is 1.65. The molecule has 0 fully saturated rings. The molecular formula is C20H18ClNO5S. The van der Waals surface area contributed by atoms with Gasteiger partial charge in [0.15, 0.2) is 5.69 Å². The lowest BCUT2D eigenvalue weighted by atomic mass is 10.0. The molecule has 28 heavy (non-hydrogen) atoms. The number of aryl methyl sites for hydroxylation is 1. The van der Waals surface area contributed by atoms with E-state index in [4.69, 9.17) is 37.7 Å². The number of aromatic nitrogens is 1. The summed E-state index contributed by atoms with van der Waals surface area (Å²) in [4.78, 5) is 28.6. The smallest absolute Gasteiger partial charge is 0.374 e. The fourth-order valence-corrected chi connectivity index (χ4v) is 3.51. The molecule has 3 rings (SSSR count). The van der Waals surface area contributed by atoms with Gasteiger partial charge >= 0.3 is 11.9 Å². The second kappa shape index (κ2) is 8.24. The molecule has 1 aromatic carbocycles. The lowest BCUT2D eigenvalue weighted by Crippen LogP contribution is -2.07. The van der Waals surface area contributed by atoms with Crippen LogP contribution in [0.3, 0.4) is 0 Å². The molecule has 0 radical (unpaired) electrons. The predicted molar refractivity (Wildman–Crippen MR) is 109 cm³/mol. The Hall–Kier alpha value is -2.51. The van der Waals surface area contributed by atoms with Gasteiger partial charge < -0.3 is 13.9 Å². The van der Waals surface area contributed by atoms with Crippen molar-refractivity contribution in [2.45, 2.75) is 26.7 Å². The highest BCUT2D eigenvalue weighted by molar-refractivity contribution is 7.71. The zero-order valence-corrected chi connectivity index (χ0v) is 17.2. The van der Waals surface area contributed by atoms with E-state index in [0.717, 1.165) is 12.0 Å². The number of fused-ring (bicyclic) bond motifs is 2. The predicted octanol–water partition coefficient (Wildman–Crippen LogP) is 5.28. The molecule has 2 heterocycles. The molecule has 0 amide bonds. The number of carbonyl (C=O) groups excluding carboxylic acids is 2. The van der Waals surface area contributed by atoms with E-state index in [1.54, 1.807) is 13.0 Å². The highest BCUT2D eigenvalue weighted by Gasteiger charge is 2.20. The number of hydrogen-bond acceptors (Lipinski definition) is 7. The molecule has 0 spiro atoms. The maximum Gasteiger partial charge on any atom is 0.374 e. The largest absolute Gasteiger partial charge is 0.464 e. The first-order valence-corrected chi connectivity index (χ1v) is 9.55. The van der Waals surface area contributed by atoms with Crippen molar-refractivity contribution in [3.63, 3.8) is 0 Å². The third kappa shape index (κ3) is 3.59. The number of nitrogens with zero attached hydrogens (tertiary/aromatic N) is 1. The topological polar surface area (TPSA) is 78.6 Å². The van der Waals surface area contributed by atoms with E-state index in [1.165, 1.54) is 19.2 Å². The van der Waals surface area contributed by atoms with E-state index in [0.29, 0.717) is 37.8 Å². The standard InChI is InChI=1S/C20H18ClNO5S/c1-4-6-10-17-11(13(21)8-14(22-17)19(23)25-3)7-12-16(28)9-15(27-18(10)12)20(24)26-5-2/h7-9H,4-6H2,1-3H3. The molecule has 3 aromatic rings. The molecule has 0 aliphatic carbocycles. The summed E-state index contributed by atoms with van der Waals surface area (Å²) >= 11 is 11.9. The Balaban J connectivity index is 2.42. The second-order valence-electron chi connectivity index (χ2n) is 6.05. The van der Waals surface area contributed by atoms with Crippen LogP contribution in [0.5, 0.6) is 0 Å². The normalized spacial score (nSPS) is 11.0. The summed E-state index contributed by atoms with van der Waals surface area (Å²) in [6.07, 6.45) is 1.37. The molecule has 0 unspecified atom stereocenters. The molecule has 0 saturated heterocycles. The van der Waals surface area contributed by atoms with E-state index < -0.39 is 11.9 Å². The van der Waals surface area contributed by atoms with Crippen molar-refractivity contribution in [3.8, 4) is 0 Å². The zero-order chi connectivity index (χ0) is 20.4. The minimum absolute atomic E-state index is 0.0197. The molecule has 0 aliphatic rings. The summed E-state index contributed by atoms with van der Waals surface area (Å²) in [6, 6.07) is 4.70. The first kappa shape index (κ1) is 20.2. The van der Waals surface area contributed by atoms with Crippen LogP contribution in [0.4, 0.5) is 0 Å². The van der Waals surface area contributed by atoms with Crippen molar-refractivity contribution >= 4 is 57.6 Å². The number of pyridine rings is 1. The van der Waals surface area contributed by atoms with E-state index in [-0.39, 0.29) is 18.1 Å². The van der Waals surface area contributed by atoms with Gasteiger partial charge in [0.05, 0.1) is 28.8 Å². The molecule has 0 aliphatic heterocycles. The number of carbonyl (C=O) groups is 2. The molecule has 0 N–H and O–H groups in total. The van der Waals surface area contributed by atoms with Gasteiger partial charge in [0, 0.05) is 22.4 Å². The molecule has 8 heteroatoms. The van der Waals surface area contributed by atoms with E-state index in [9.17, 15) is 9.59 Å². The molecule has 6 nitrogen and oxygen atoms in total. The van der Waals surface area contributed by atoms with Crippen LogP contribution in [0.1, 0.15) is 46.9 Å². The van der Waals surface area contributed by atoms with Gasteiger partial charge in [-0.2, -0.15) is 0 Å². The van der Waals surface area contributed by atoms with Gasteiger partial charge in [0.1, 0.15) is 5.58 Å². The Morgan fingerprint density at radius 1 is 1.18 bits per heavy atom. The first-order chi connectivity index (χ1) is 13.4. The monoisotopic (exact) mass is 419 g/mol. The summed E-state index contributed by atoms with van der Waals surface area (Å²) in [6.45, 7) is 3.93. The number of rotatable bonds is 5. The van der Waals surface area contributed by atoms with Crippen LogP contribution in [0.15, 0.2) is 22.6 Å². The summed E-state index contributed by atoms with van der Waals surface area (Å²) < 4.78 is 16.1. The van der Waals surface area contributed by atoms with Gasteiger partial charge in [0.25, 0.3) is 0 Å². The van der Waals surface area contributed by atoms with E-state index >= 15 is 0 Å². The van der Waals surface area contributed by atoms with Crippen molar-refractivity contribution in [1.82, 2.24) is 4.98 Å². The molecule has 0 saturated carbocycles. The Morgan fingerprint density at radius 3 is 2.57 bits per heavy atom. The van der Waals surface area contributed by atoms with Crippen molar-refractivity contribution in [1.29, 1.82) is 0 Å². The zero-order valence-electron chi connectivity index (χ0n) is 15.6. The van der Waals surface area contributed by atoms with Crippen LogP contribution < -0.4 is 0 Å². The van der Waals surface area contributed by atoms with Crippen LogP contribution in [0.25, 0.3) is 21.9 Å². The Bertz CT molecular complexity index is 1150. The lowest BCUT2D eigenvalue weighted by Gasteiger charge is -2.12. The van der Waals surface area contributed by atoms with Gasteiger partial charge in [-0.05, 0) is 25.5 Å². The van der Waals surface area contributed by atoms with Crippen LogP contribution in [-0.2, 0) is 15.9 Å². The van der Waals surface area contributed by atoms with Crippen LogP contribution in [0.2, 0.25) is 5.02 Å². The fraction of sp³-hybridized carbons (Fsp3) is 0.300. The Labute approximate surface area is 171 Å². The maximum atomic E-state index is 12.1. The molecule has 0 bridgehead atoms. The van der Waals surface area contributed by atoms with E-state index in [2.05, 4.69) is 4.98 Å². The molecular weight excluding hydrogens is 402 g/mol. The van der Waals surface area contributed by atoms with Gasteiger partial charge in [-0.25, -0.2) is 14.6 Å². The van der Waals surface area contributed by atoms with Crippen molar-refractivity contribution < 1.29 is 23.5 Å². The quantitative estimate of drug-likeness (QED) is 0.316. The highest BCUT2D eigenvalue weighted by Crippen LogP contribution is 2.34. The van der Waals surface area contributed by atoms with Crippen LogP contribution in [0, 0.1) is 4.51 Å².